The average molecular weight is 364 g/mol. The Morgan fingerprint density at radius 3 is 2.80 bits per heavy atom. The van der Waals surface area contributed by atoms with Crippen LogP contribution in [0.1, 0.15) is 12.8 Å². The molecule has 0 saturated carbocycles. The van der Waals surface area contributed by atoms with Crippen molar-refractivity contribution >= 4 is 26.0 Å². The van der Waals surface area contributed by atoms with E-state index < -0.39 is 10.0 Å². The maximum Gasteiger partial charge on any atom is 0.242 e. The Labute approximate surface area is 128 Å². The van der Waals surface area contributed by atoms with Crippen LogP contribution in [0.2, 0.25) is 0 Å². The first-order chi connectivity index (χ1) is 9.45. The van der Waals surface area contributed by atoms with Crippen molar-refractivity contribution in [2.45, 2.75) is 23.8 Å². The molecule has 0 N–H and O–H groups in total. The maximum atomic E-state index is 12.5. The molecule has 1 unspecified atom stereocenters. The van der Waals surface area contributed by atoms with Gasteiger partial charge in [-0.15, -0.1) is 0 Å². The maximum absolute atomic E-state index is 12.5. The van der Waals surface area contributed by atoms with Crippen LogP contribution in [-0.2, 0) is 14.8 Å². The number of hydrogen-bond acceptors (Lipinski definition) is 4. The third-order valence-corrected chi connectivity index (χ3v) is 5.76. The van der Waals surface area contributed by atoms with Gasteiger partial charge in [-0.25, -0.2) is 8.42 Å². The van der Waals surface area contributed by atoms with Crippen molar-refractivity contribution in [1.82, 2.24) is 4.31 Å². The minimum atomic E-state index is -3.51. The van der Waals surface area contributed by atoms with Gasteiger partial charge in [-0.05, 0) is 47.0 Å². The number of ether oxygens (including phenoxy) is 2. The highest BCUT2D eigenvalue weighted by atomic mass is 79.9. The lowest BCUT2D eigenvalue weighted by atomic mass is 10.2. The van der Waals surface area contributed by atoms with Crippen molar-refractivity contribution in [2.24, 2.45) is 0 Å². The van der Waals surface area contributed by atoms with Gasteiger partial charge in [-0.1, -0.05) is 0 Å². The Kier molecular flexibility index (Phi) is 5.06. The summed E-state index contributed by atoms with van der Waals surface area (Å²) in [6.07, 6.45) is 1.90. The van der Waals surface area contributed by atoms with E-state index in [-0.39, 0.29) is 11.0 Å². The normalized spacial score (nSPS) is 19.5. The molecular formula is C13H18BrNO4S. The fourth-order valence-electron chi connectivity index (χ4n) is 2.16. The van der Waals surface area contributed by atoms with Crippen LogP contribution >= 0.6 is 15.9 Å². The summed E-state index contributed by atoms with van der Waals surface area (Å²) < 4.78 is 37.5. The number of rotatable bonds is 5. The first-order valence-electron chi connectivity index (χ1n) is 6.36. The Morgan fingerprint density at radius 1 is 1.50 bits per heavy atom. The summed E-state index contributed by atoms with van der Waals surface area (Å²) in [4.78, 5) is 0.241. The first kappa shape index (κ1) is 15.8. The summed E-state index contributed by atoms with van der Waals surface area (Å²) in [5, 5.41) is 0. The van der Waals surface area contributed by atoms with E-state index in [9.17, 15) is 8.42 Å². The fourth-order valence-corrected chi connectivity index (χ4v) is 4.08. The Morgan fingerprint density at radius 2 is 2.25 bits per heavy atom. The van der Waals surface area contributed by atoms with Crippen LogP contribution in [0, 0.1) is 0 Å². The number of benzene rings is 1. The second-order valence-corrected chi connectivity index (χ2v) is 7.62. The Balaban J connectivity index is 2.18. The molecule has 20 heavy (non-hydrogen) atoms. The van der Waals surface area contributed by atoms with Crippen molar-refractivity contribution in [2.75, 3.05) is 27.3 Å². The smallest absolute Gasteiger partial charge is 0.242 e. The molecule has 2 rings (SSSR count). The number of halogens is 1. The van der Waals surface area contributed by atoms with Crippen LogP contribution in [0.3, 0.4) is 0 Å². The van der Waals surface area contributed by atoms with E-state index in [1.54, 1.807) is 25.2 Å². The van der Waals surface area contributed by atoms with Gasteiger partial charge in [0.15, 0.2) is 0 Å². The minimum absolute atomic E-state index is 0.00327. The lowest BCUT2D eigenvalue weighted by Crippen LogP contribution is -2.34. The summed E-state index contributed by atoms with van der Waals surface area (Å²) in [6, 6.07) is 4.74. The predicted molar refractivity (Wildman–Crippen MR) is 79.5 cm³/mol. The van der Waals surface area contributed by atoms with E-state index in [0.29, 0.717) is 23.4 Å². The molecule has 1 saturated heterocycles. The highest BCUT2D eigenvalue weighted by Gasteiger charge is 2.26. The van der Waals surface area contributed by atoms with Crippen molar-refractivity contribution in [3.05, 3.63) is 22.7 Å². The second-order valence-electron chi connectivity index (χ2n) is 4.72. The van der Waals surface area contributed by atoms with Gasteiger partial charge >= 0.3 is 0 Å². The minimum Gasteiger partial charge on any atom is -0.496 e. The molecule has 0 spiro atoms. The lowest BCUT2D eigenvalue weighted by molar-refractivity contribution is 0.0979. The van der Waals surface area contributed by atoms with Crippen LogP contribution < -0.4 is 4.74 Å². The van der Waals surface area contributed by atoms with Gasteiger partial charge in [-0.2, -0.15) is 4.31 Å². The van der Waals surface area contributed by atoms with Gasteiger partial charge in [-0.3, -0.25) is 0 Å². The standard InChI is InChI=1S/C13H18BrNO4S/c1-15(9-10-4-3-7-19-10)20(16,17)11-5-6-13(18-2)12(14)8-11/h5-6,8,10H,3-4,7,9H2,1-2H3. The number of hydrogen-bond donors (Lipinski definition) is 0. The number of methoxy groups -OCH3 is 1. The fraction of sp³-hybridized carbons (Fsp3) is 0.538. The monoisotopic (exact) mass is 363 g/mol. The summed E-state index contributed by atoms with van der Waals surface area (Å²) >= 11 is 3.30. The van der Waals surface area contributed by atoms with Gasteiger partial charge in [0.2, 0.25) is 10.0 Å². The van der Waals surface area contributed by atoms with Crippen LogP contribution in [0.4, 0.5) is 0 Å². The topological polar surface area (TPSA) is 55.8 Å². The Bertz CT molecular complexity index is 570. The van der Waals surface area contributed by atoms with Gasteiger partial charge in [0.05, 0.1) is 22.6 Å². The van der Waals surface area contributed by atoms with Gasteiger partial charge in [0.25, 0.3) is 0 Å². The van der Waals surface area contributed by atoms with Crippen molar-refractivity contribution < 1.29 is 17.9 Å². The summed E-state index contributed by atoms with van der Waals surface area (Å²) in [7, 11) is -0.388. The molecule has 1 fully saturated rings. The molecule has 1 aliphatic rings. The molecule has 1 atom stereocenters. The molecule has 7 heteroatoms. The second kappa shape index (κ2) is 6.43. The molecule has 1 aromatic rings. The van der Waals surface area contributed by atoms with E-state index in [1.807, 2.05) is 0 Å². The zero-order chi connectivity index (χ0) is 14.8. The highest BCUT2D eigenvalue weighted by molar-refractivity contribution is 9.10. The lowest BCUT2D eigenvalue weighted by Gasteiger charge is -2.20. The molecule has 0 amide bonds. The summed E-state index contributed by atoms with van der Waals surface area (Å²) in [6.45, 7) is 1.10. The van der Waals surface area contributed by atoms with Crippen molar-refractivity contribution in [3.63, 3.8) is 0 Å². The third-order valence-electron chi connectivity index (χ3n) is 3.32. The average Bonchev–Trinajstić information content (AvgIpc) is 2.91. The van der Waals surface area contributed by atoms with Crippen LogP contribution in [0.5, 0.6) is 5.75 Å². The molecule has 0 radical (unpaired) electrons. The molecule has 1 aromatic carbocycles. The van der Waals surface area contributed by atoms with E-state index >= 15 is 0 Å². The predicted octanol–water partition coefficient (Wildman–Crippen LogP) is 2.26. The molecule has 0 aromatic heterocycles. The molecule has 0 aliphatic carbocycles. The summed E-state index contributed by atoms with van der Waals surface area (Å²) in [5.74, 6) is 0.603. The van der Waals surface area contributed by atoms with Crippen molar-refractivity contribution in [3.8, 4) is 5.75 Å². The Hall–Kier alpha value is -0.630. The van der Waals surface area contributed by atoms with Gasteiger partial charge in [0.1, 0.15) is 5.75 Å². The number of sulfonamides is 1. The highest BCUT2D eigenvalue weighted by Crippen LogP contribution is 2.28. The van der Waals surface area contributed by atoms with Crippen LogP contribution in [0.25, 0.3) is 0 Å². The van der Waals surface area contributed by atoms with Gasteiger partial charge < -0.3 is 9.47 Å². The molecule has 1 aliphatic heterocycles. The molecular weight excluding hydrogens is 346 g/mol. The quantitative estimate of drug-likeness (QED) is 0.804. The molecule has 112 valence electrons. The van der Waals surface area contributed by atoms with Crippen molar-refractivity contribution in [1.29, 1.82) is 0 Å². The van der Waals surface area contributed by atoms with Crippen LogP contribution in [0.15, 0.2) is 27.6 Å². The third kappa shape index (κ3) is 3.33. The summed E-state index contributed by atoms with van der Waals surface area (Å²) in [5.41, 5.74) is 0. The van der Waals surface area contributed by atoms with E-state index in [0.717, 1.165) is 12.8 Å². The van der Waals surface area contributed by atoms with E-state index in [2.05, 4.69) is 15.9 Å². The van der Waals surface area contributed by atoms with E-state index in [1.165, 1.54) is 11.4 Å². The molecule has 5 nitrogen and oxygen atoms in total. The first-order valence-corrected chi connectivity index (χ1v) is 8.60. The zero-order valence-electron chi connectivity index (χ0n) is 11.5. The zero-order valence-corrected chi connectivity index (χ0v) is 13.9. The van der Waals surface area contributed by atoms with Gasteiger partial charge in [0, 0.05) is 20.2 Å². The molecule has 1 heterocycles. The SMILES string of the molecule is COc1ccc(S(=O)(=O)N(C)CC2CCCO2)cc1Br. The number of likely N-dealkylation sites (N-methyl/N-ethyl adjacent to an activating group) is 1. The van der Waals surface area contributed by atoms with Crippen LogP contribution in [-0.4, -0.2) is 46.1 Å². The largest absolute Gasteiger partial charge is 0.496 e. The molecule has 0 bridgehead atoms. The van der Waals surface area contributed by atoms with E-state index in [4.69, 9.17) is 9.47 Å². The number of nitrogens with zero attached hydrogens (tertiary/aromatic N) is 1.